The SMILES string of the molecule is CCN(CCc1ccncc1)C(=O)C1CC1c1cccs1. The molecule has 2 aromatic heterocycles. The molecule has 21 heavy (non-hydrogen) atoms. The van der Waals surface area contributed by atoms with Crippen LogP contribution in [0, 0.1) is 5.92 Å². The average Bonchev–Trinajstić information content (AvgIpc) is 3.14. The van der Waals surface area contributed by atoms with E-state index in [0.717, 1.165) is 25.9 Å². The third kappa shape index (κ3) is 3.32. The summed E-state index contributed by atoms with van der Waals surface area (Å²) in [5.41, 5.74) is 1.24. The molecular formula is C17H20N2OS. The molecule has 3 rings (SSSR count). The van der Waals surface area contributed by atoms with Crippen LogP contribution in [0.25, 0.3) is 0 Å². The number of hydrogen-bond donors (Lipinski definition) is 0. The summed E-state index contributed by atoms with van der Waals surface area (Å²) < 4.78 is 0. The molecule has 110 valence electrons. The Balaban J connectivity index is 1.55. The zero-order valence-electron chi connectivity index (χ0n) is 12.2. The van der Waals surface area contributed by atoms with Gasteiger partial charge in [-0.1, -0.05) is 6.07 Å². The van der Waals surface area contributed by atoms with E-state index in [1.54, 1.807) is 23.7 Å². The zero-order chi connectivity index (χ0) is 14.7. The molecule has 0 bridgehead atoms. The van der Waals surface area contributed by atoms with Crippen molar-refractivity contribution < 1.29 is 4.79 Å². The summed E-state index contributed by atoms with van der Waals surface area (Å²) in [5, 5.41) is 2.09. The predicted octanol–water partition coefficient (Wildman–Crippen LogP) is 3.34. The van der Waals surface area contributed by atoms with Crippen LogP contribution in [0.2, 0.25) is 0 Å². The Labute approximate surface area is 129 Å². The lowest BCUT2D eigenvalue weighted by molar-refractivity contribution is -0.132. The minimum absolute atomic E-state index is 0.209. The molecule has 2 atom stereocenters. The molecule has 1 aliphatic rings. The maximum Gasteiger partial charge on any atom is 0.226 e. The first-order valence-corrected chi connectivity index (χ1v) is 8.38. The van der Waals surface area contributed by atoms with Gasteiger partial charge in [0.25, 0.3) is 0 Å². The molecule has 1 saturated carbocycles. The van der Waals surface area contributed by atoms with Gasteiger partial charge in [-0.2, -0.15) is 0 Å². The maximum absolute atomic E-state index is 12.6. The number of carbonyl (C=O) groups is 1. The number of thiophene rings is 1. The quantitative estimate of drug-likeness (QED) is 0.820. The Morgan fingerprint density at radius 2 is 2.19 bits per heavy atom. The molecule has 4 heteroatoms. The molecule has 1 fully saturated rings. The van der Waals surface area contributed by atoms with Crippen molar-refractivity contribution in [2.75, 3.05) is 13.1 Å². The number of pyridine rings is 1. The molecule has 3 nitrogen and oxygen atoms in total. The lowest BCUT2D eigenvalue weighted by Gasteiger charge is -2.21. The highest BCUT2D eigenvalue weighted by molar-refractivity contribution is 7.10. The number of likely N-dealkylation sites (N-methyl/N-ethyl adjacent to an activating group) is 1. The van der Waals surface area contributed by atoms with Crippen molar-refractivity contribution >= 4 is 17.2 Å². The average molecular weight is 300 g/mol. The van der Waals surface area contributed by atoms with Gasteiger partial charge in [0.1, 0.15) is 0 Å². The molecule has 0 aliphatic heterocycles. The van der Waals surface area contributed by atoms with E-state index in [1.807, 2.05) is 17.0 Å². The van der Waals surface area contributed by atoms with Crippen LogP contribution in [0.3, 0.4) is 0 Å². The van der Waals surface area contributed by atoms with Gasteiger partial charge in [-0.15, -0.1) is 11.3 Å². The molecule has 2 aromatic rings. The Morgan fingerprint density at radius 3 is 2.86 bits per heavy atom. The topological polar surface area (TPSA) is 33.2 Å². The third-order valence-electron chi connectivity index (χ3n) is 4.13. The van der Waals surface area contributed by atoms with Crippen molar-refractivity contribution in [2.45, 2.75) is 25.7 Å². The molecule has 1 amide bonds. The van der Waals surface area contributed by atoms with Gasteiger partial charge in [-0.3, -0.25) is 9.78 Å². The first-order chi connectivity index (χ1) is 10.3. The van der Waals surface area contributed by atoms with E-state index in [0.29, 0.717) is 11.8 Å². The van der Waals surface area contributed by atoms with Gasteiger partial charge in [0.05, 0.1) is 0 Å². The fourth-order valence-corrected chi connectivity index (χ4v) is 3.66. The van der Waals surface area contributed by atoms with Gasteiger partial charge in [-0.05, 0) is 48.9 Å². The van der Waals surface area contributed by atoms with Crippen molar-refractivity contribution in [1.82, 2.24) is 9.88 Å². The van der Waals surface area contributed by atoms with Crippen LogP contribution in [-0.4, -0.2) is 28.9 Å². The van der Waals surface area contributed by atoms with Crippen LogP contribution in [0.4, 0.5) is 0 Å². The first-order valence-electron chi connectivity index (χ1n) is 7.50. The smallest absolute Gasteiger partial charge is 0.226 e. The number of amides is 1. The largest absolute Gasteiger partial charge is 0.342 e. The van der Waals surface area contributed by atoms with Crippen molar-refractivity contribution in [1.29, 1.82) is 0 Å². The second kappa shape index (κ2) is 6.39. The van der Waals surface area contributed by atoms with Crippen LogP contribution in [-0.2, 0) is 11.2 Å². The summed E-state index contributed by atoms with van der Waals surface area (Å²) >= 11 is 1.77. The maximum atomic E-state index is 12.6. The second-order valence-corrected chi connectivity index (χ2v) is 6.47. The molecule has 1 aliphatic carbocycles. The van der Waals surface area contributed by atoms with Crippen molar-refractivity contribution in [2.24, 2.45) is 5.92 Å². The van der Waals surface area contributed by atoms with E-state index in [1.165, 1.54) is 10.4 Å². The molecular weight excluding hydrogens is 280 g/mol. The van der Waals surface area contributed by atoms with Crippen LogP contribution in [0.5, 0.6) is 0 Å². The van der Waals surface area contributed by atoms with Crippen LogP contribution in [0.15, 0.2) is 42.0 Å². The Morgan fingerprint density at radius 1 is 1.38 bits per heavy atom. The molecule has 2 unspecified atom stereocenters. The number of hydrogen-bond acceptors (Lipinski definition) is 3. The predicted molar refractivity (Wildman–Crippen MR) is 85.4 cm³/mol. The first kappa shape index (κ1) is 14.3. The zero-order valence-corrected chi connectivity index (χ0v) is 13.1. The van der Waals surface area contributed by atoms with E-state index in [4.69, 9.17) is 0 Å². The van der Waals surface area contributed by atoms with Crippen molar-refractivity contribution in [3.63, 3.8) is 0 Å². The summed E-state index contributed by atoms with van der Waals surface area (Å²) in [5.74, 6) is 0.999. The number of nitrogens with zero attached hydrogens (tertiary/aromatic N) is 2. The third-order valence-corrected chi connectivity index (χ3v) is 5.13. The van der Waals surface area contributed by atoms with Crippen LogP contribution in [0.1, 0.15) is 29.7 Å². The summed E-state index contributed by atoms with van der Waals surface area (Å²) in [6.07, 6.45) is 5.53. The molecule has 2 heterocycles. The lowest BCUT2D eigenvalue weighted by atomic mass is 10.2. The number of carbonyl (C=O) groups excluding carboxylic acids is 1. The Kier molecular flexibility index (Phi) is 4.34. The van der Waals surface area contributed by atoms with Crippen LogP contribution < -0.4 is 0 Å². The van der Waals surface area contributed by atoms with Gasteiger partial charge >= 0.3 is 0 Å². The second-order valence-electron chi connectivity index (χ2n) is 5.49. The lowest BCUT2D eigenvalue weighted by Crippen LogP contribution is -2.34. The molecule has 0 spiro atoms. The summed E-state index contributed by atoms with van der Waals surface area (Å²) in [6.45, 7) is 3.65. The molecule has 0 saturated heterocycles. The highest BCUT2D eigenvalue weighted by Gasteiger charge is 2.45. The Bertz CT molecular complexity index is 582. The van der Waals surface area contributed by atoms with E-state index in [-0.39, 0.29) is 5.92 Å². The van der Waals surface area contributed by atoms with Gasteiger partial charge in [-0.25, -0.2) is 0 Å². The summed E-state index contributed by atoms with van der Waals surface area (Å²) in [6, 6.07) is 8.25. The van der Waals surface area contributed by atoms with Gasteiger partial charge < -0.3 is 4.90 Å². The number of aromatic nitrogens is 1. The van der Waals surface area contributed by atoms with Crippen molar-refractivity contribution in [3.8, 4) is 0 Å². The number of rotatable bonds is 6. The van der Waals surface area contributed by atoms with E-state index < -0.39 is 0 Å². The molecule has 0 radical (unpaired) electrons. The normalized spacial score (nSPS) is 20.2. The summed E-state index contributed by atoms with van der Waals surface area (Å²) in [7, 11) is 0. The minimum Gasteiger partial charge on any atom is -0.342 e. The standard InChI is InChI=1S/C17H20N2OS/c1-2-19(10-7-13-5-8-18-9-6-13)17(20)15-12-14(15)16-4-3-11-21-16/h3-6,8-9,11,14-15H,2,7,10,12H2,1H3. The highest BCUT2D eigenvalue weighted by atomic mass is 32.1. The van der Waals surface area contributed by atoms with E-state index >= 15 is 0 Å². The van der Waals surface area contributed by atoms with Crippen molar-refractivity contribution in [3.05, 3.63) is 52.5 Å². The van der Waals surface area contributed by atoms with Gasteiger partial charge in [0, 0.05) is 42.2 Å². The van der Waals surface area contributed by atoms with Crippen LogP contribution >= 0.6 is 11.3 Å². The molecule has 0 N–H and O–H groups in total. The van der Waals surface area contributed by atoms with E-state index in [2.05, 4.69) is 29.4 Å². The van der Waals surface area contributed by atoms with Gasteiger partial charge in [0.15, 0.2) is 0 Å². The fourth-order valence-electron chi connectivity index (χ4n) is 2.76. The molecule has 0 aromatic carbocycles. The van der Waals surface area contributed by atoms with Gasteiger partial charge in [0.2, 0.25) is 5.91 Å². The van der Waals surface area contributed by atoms with E-state index in [9.17, 15) is 4.79 Å². The minimum atomic E-state index is 0.209. The fraction of sp³-hybridized carbons (Fsp3) is 0.412. The highest BCUT2D eigenvalue weighted by Crippen LogP contribution is 2.49. The summed E-state index contributed by atoms with van der Waals surface area (Å²) in [4.78, 5) is 20.0. The monoisotopic (exact) mass is 300 g/mol. The Hall–Kier alpha value is -1.68.